The van der Waals surface area contributed by atoms with Crippen LogP contribution in [0.2, 0.25) is 0 Å². The Morgan fingerprint density at radius 1 is 1.35 bits per heavy atom. The van der Waals surface area contributed by atoms with Crippen LogP contribution in [0.5, 0.6) is 5.75 Å². The Labute approximate surface area is 120 Å². The maximum Gasteiger partial charge on any atom is 0.200 e. The van der Waals surface area contributed by atoms with E-state index in [2.05, 4.69) is 19.9 Å². The normalized spacial score (nSPS) is 26.8. The van der Waals surface area contributed by atoms with Gasteiger partial charge in [0.2, 0.25) is 0 Å². The molecule has 0 amide bonds. The van der Waals surface area contributed by atoms with Gasteiger partial charge in [-0.05, 0) is 36.5 Å². The van der Waals surface area contributed by atoms with Crippen molar-refractivity contribution in [3.05, 3.63) is 29.3 Å². The summed E-state index contributed by atoms with van der Waals surface area (Å²) >= 11 is 0. The van der Waals surface area contributed by atoms with Crippen molar-refractivity contribution in [3.8, 4) is 5.75 Å². The van der Waals surface area contributed by atoms with E-state index in [0.29, 0.717) is 18.8 Å². The molecule has 0 saturated carbocycles. The number of hydrogen-bond donors (Lipinski definition) is 2. The van der Waals surface area contributed by atoms with Crippen molar-refractivity contribution in [2.45, 2.75) is 58.0 Å². The summed E-state index contributed by atoms with van der Waals surface area (Å²) in [6.45, 7) is 6.10. The maximum absolute atomic E-state index is 9.68. The number of rotatable bonds is 4. The molecular formula is C16H24O4. The zero-order valence-electron chi connectivity index (χ0n) is 12.4. The number of benzene rings is 1. The second-order valence-electron chi connectivity index (χ2n) is 5.73. The van der Waals surface area contributed by atoms with E-state index in [-0.39, 0.29) is 6.61 Å². The van der Waals surface area contributed by atoms with Crippen LogP contribution in [-0.4, -0.2) is 35.3 Å². The smallest absolute Gasteiger partial charge is 0.200 e. The van der Waals surface area contributed by atoms with E-state index < -0.39 is 18.5 Å². The lowest BCUT2D eigenvalue weighted by Gasteiger charge is -2.33. The van der Waals surface area contributed by atoms with Crippen molar-refractivity contribution < 1.29 is 19.7 Å². The third kappa shape index (κ3) is 3.51. The molecule has 0 aliphatic carbocycles. The molecular weight excluding hydrogens is 256 g/mol. The zero-order chi connectivity index (χ0) is 14.7. The lowest BCUT2D eigenvalue weighted by molar-refractivity contribution is -0.196. The predicted molar refractivity (Wildman–Crippen MR) is 76.9 cm³/mol. The average molecular weight is 280 g/mol. The average Bonchev–Trinajstić information content (AvgIpc) is 2.43. The van der Waals surface area contributed by atoms with E-state index >= 15 is 0 Å². The number of aliphatic hydroxyl groups is 2. The Morgan fingerprint density at radius 2 is 2.10 bits per heavy atom. The third-order valence-electron chi connectivity index (χ3n) is 3.77. The van der Waals surface area contributed by atoms with Gasteiger partial charge in [-0.25, -0.2) is 0 Å². The fourth-order valence-corrected chi connectivity index (χ4v) is 2.34. The largest absolute Gasteiger partial charge is 0.465 e. The van der Waals surface area contributed by atoms with Crippen molar-refractivity contribution in [3.63, 3.8) is 0 Å². The van der Waals surface area contributed by atoms with Gasteiger partial charge in [0, 0.05) is 6.42 Å². The predicted octanol–water partition coefficient (Wildman–Crippen LogP) is 2.36. The van der Waals surface area contributed by atoms with Crippen molar-refractivity contribution in [2.75, 3.05) is 6.61 Å². The van der Waals surface area contributed by atoms with Gasteiger partial charge in [-0.2, -0.15) is 0 Å². The topological polar surface area (TPSA) is 58.9 Å². The Balaban J connectivity index is 2.08. The van der Waals surface area contributed by atoms with Gasteiger partial charge < -0.3 is 19.7 Å². The summed E-state index contributed by atoms with van der Waals surface area (Å²) in [4.78, 5) is 0. The molecule has 0 spiro atoms. The molecule has 112 valence electrons. The standard InChI is InChI=1S/C16H24O4/c1-10(2)12-5-4-11(3)14(8-12)19-16-7-6-13(18)15(9-17)20-16/h4-5,8,10,13,15-18H,6-7,9H2,1-3H3/t13-,15+,16?/m0/s1. The highest BCUT2D eigenvalue weighted by Gasteiger charge is 2.30. The van der Waals surface area contributed by atoms with Gasteiger partial charge in [0.25, 0.3) is 0 Å². The molecule has 20 heavy (non-hydrogen) atoms. The van der Waals surface area contributed by atoms with Crippen molar-refractivity contribution in [2.24, 2.45) is 0 Å². The SMILES string of the molecule is Cc1ccc(C(C)C)cc1OC1CC[C@H](O)[C@@H](CO)O1. The van der Waals surface area contributed by atoms with Gasteiger partial charge in [-0.1, -0.05) is 26.0 Å². The van der Waals surface area contributed by atoms with Crippen LogP contribution in [0.4, 0.5) is 0 Å². The quantitative estimate of drug-likeness (QED) is 0.889. The molecule has 1 aliphatic rings. The summed E-state index contributed by atoms with van der Waals surface area (Å²) in [6.07, 6.45) is -0.357. The molecule has 4 nitrogen and oxygen atoms in total. The van der Waals surface area contributed by atoms with E-state index in [4.69, 9.17) is 9.47 Å². The molecule has 1 aromatic carbocycles. The van der Waals surface area contributed by atoms with Gasteiger partial charge in [-0.15, -0.1) is 0 Å². The van der Waals surface area contributed by atoms with E-state index in [1.54, 1.807) is 0 Å². The second-order valence-corrected chi connectivity index (χ2v) is 5.73. The number of hydrogen-bond acceptors (Lipinski definition) is 4. The van der Waals surface area contributed by atoms with Crippen molar-refractivity contribution in [1.29, 1.82) is 0 Å². The Kier molecular flexibility index (Phi) is 5.02. The highest BCUT2D eigenvalue weighted by atomic mass is 16.7. The van der Waals surface area contributed by atoms with E-state index in [9.17, 15) is 10.2 Å². The molecule has 1 aromatic rings. The minimum atomic E-state index is -0.608. The molecule has 1 fully saturated rings. The van der Waals surface area contributed by atoms with Crippen LogP contribution >= 0.6 is 0 Å². The van der Waals surface area contributed by atoms with Crippen LogP contribution in [0.1, 0.15) is 43.7 Å². The van der Waals surface area contributed by atoms with E-state index in [1.807, 2.05) is 19.1 Å². The van der Waals surface area contributed by atoms with Gasteiger partial charge in [0.15, 0.2) is 6.29 Å². The van der Waals surface area contributed by atoms with E-state index in [1.165, 1.54) is 5.56 Å². The molecule has 1 aliphatic heterocycles. The molecule has 1 unspecified atom stereocenters. The maximum atomic E-state index is 9.68. The minimum Gasteiger partial charge on any atom is -0.465 e. The number of ether oxygens (including phenoxy) is 2. The Hall–Kier alpha value is -1.10. The molecule has 1 heterocycles. The summed E-state index contributed by atoms with van der Waals surface area (Å²) in [5.41, 5.74) is 2.28. The fourth-order valence-electron chi connectivity index (χ4n) is 2.34. The second kappa shape index (κ2) is 6.57. The van der Waals surface area contributed by atoms with Crippen molar-refractivity contribution in [1.82, 2.24) is 0 Å². The molecule has 0 radical (unpaired) electrons. The van der Waals surface area contributed by atoms with Crippen LogP contribution in [0, 0.1) is 6.92 Å². The lowest BCUT2D eigenvalue weighted by Crippen LogP contribution is -2.43. The summed E-state index contributed by atoms with van der Waals surface area (Å²) in [5, 5.41) is 18.9. The van der Waals surface area contributed by atoms with Crippen LogP contribution in [0.25, 0.3) is 0 Å². The molecule has 0 bridgehead atoms. The van der Waals surface area contributed by atoms with E-state index in [0.717, 1.165) is 11.3 Å². The van der Waals surface area contributed by atoms with Crippen LogP contribution in [0.3, 0.4) is 0 Å². The summed E-state index contributed by atoms with van der Waals surface area (Å²) in [6, 6.07) is 6.20. The van der Waals surface area contributed by atoms with Gasteiger partial charge in [0.1, 0.15) is 11.9 Å². The third-order valence-corrected chi connectivity index (χ3v) is 3.77. The first kappa shape index (κ1) is 15.3. The first-order chi connectivity index (χ1) is 9.51. The molecule has 3 atom stereocenters. The summed E-state index contributed by atoms with van der Waals surface area (Å²) in [7, 11) is 0. The van der Waals surface area contributed by atoms with Crippen LogP contribution in [-0.2, 0) is 4.74 Å². The van der Waals surface area contributed by atoms with Crippen LogP contribution in [0.15, 0.2) is 18.2 Å². The summed E-state index contributed by atoms with van der Waals surface area (Å²) in [5.74, 6) is 1.26. The fraction of sp³-hybridized carbons (Fsp3) is 0.625. The van der Waals surface area contributed by atoms with Gasteiger partial charge in [0.05, 0.1) is 12.7 Å². The first-order valence-electron chi connectivity index (χ1n) is 7.23. The summed E-state index contributed by atoms with van der Waals surface area (Å²) < 4.78 is 11.5. The molecule has 2 N–H and O–H groups in total. The molecule has 4 heteroatoms. The Bertz CT molecular complexity index is 444. The highest BCUT2D eigenvalue weighted by molar-refractivity contribution is 5.37. The monoisotopic (exact) mass is 280 g/mol. The number of aryl methyl sites for hydroxylation is 1. The first-order valence-corrected chi connectivity index (χ1v) is 7.23. The Morgan fingerprint density at radius 3 is 2.75 bits per heavy atom. The molecule has 2 rings (SSSR count). The molecule has 0 aromatic heterocycles. The van der Waals surface area contributed by atoms with Crippen LogP contribution < -0.4 is 4.74 Å². The zero-order valence-corrected chi connectivity index (χ0v) is 12.4. The van der Waals surface area contributed by atoms with Crippen molar-refractivity contribution >= 4 is 0 Å². The number of aliphatic hydroxyl groups excluding tert-OH is 2. The highest BCUT2D eigenvalue weighted by Crippen LogP contribution is 2.28. The minimum absolute atomic E-state index is 0.188. The lowest BCUT2D eigenvalue weighted by atomic mass is 10.0. The molecule has 1 saturated heterocycles. The van der Waals surface area contributed by atoms with Gasteiger partial charge in [-0.3, -0.25) is 0 Å². The van der Waals surface area contributed by atoms with Gasteiger partial charge >= 0.3 is 0 Å².